The Morgan fingerprint density at radius 2 is 1.89 bits per heavy atom. The Kier molecular flexibility index (Phi) is 4.17. The van der Waals surface area contributed by atoms with Gasteiger partial charge >= 0.3 is 0 Å². The summed E-state index contributed by atoms with van der Waals surface area (Å²) in [5.74, 6) is 0. The van der Waals surface area contributed by atoms with Gasteiger partial charge in [-0.25, -0.2) is 0 Å². The van der Waals surface area contributed by atoms with Crippen LogP contribution in [0.4, 0.5) is 0 Å². The van der Waals surface area contributed by atoms with Crippen molar-refractivity contribution < 1.29 is 0 Å². The van der Waals surface area contributed by atoms with Crippen LogP contribution in [-0.2, 0) is 6.42 Å². The van der Waals surface area contributed by atoms with E-state index in [1.54, 1.807) is 0 Å². The molecular weight excluding hydrogens is 242 g/mol. The lowest BCUT2D eigenvalue weighted by Gasteiger charge is -2.01. The van der Waals surface area contributed by atoms with Gasteiger partial charge in [-0.2, -0.15) is 5.26 Å². The van der Waals surface area contributed by atoms with Gasteiger partial charge in [0, 0.05) is 5.02 Å². The summed E-state index contributed by atoms with van der Waals surface area (Å²) in [4.78, 5) is 0. The maximum atomic E-state index is 8.77. The molecule has 2 rings (SSSR count). The Morgan fingerprint density at radius 3 is 2.67 bits per heavy atom. The Bertz CT molecular complexity index is 608. The Balaban J connectivity index is 2.26. The van der Waals surface area contributed by atoms with E-state index in [1.807, 2.05) is 60.7 Å². The molecule has 0 amide bonds. The average molecular weight is 254 g/mol. The highest BCUT2D eigenvalue weighted by Gasteiger charge is 1.97. The lowest BCUT2D eigenvalue weighted by atomic mass is 10.0. The molecule has 1 nitrogen and oxygen atoms in total. The molecule has 0 N–H and O–H groups in total. The monoisotopic (exact) mass is 253 g/mol. The van der Waals surface area contributed by atoms with Crippen molar-refractivity contribution in [2.45, 2.75) is 6.42 Å². The SMILES string of the molecule is N#CCc1ccccc1/C=C/c1cccc(Cl)c1. The maximum Gasteiger partial charge on any atom is 0.0669 e. The maximum absolute atomic E-state index is 8.77. The van der Waals surface area contributed by atoms with Crippen LogP contribution in [0, 0.1) is 11.3 Å². The third-order valence-corrected chi connectivity index (χ3v) is 2.86. The number of hydrogen-bond acceptors (Lipinski definition) is 1. The highest BCUT2D eigenvalue weighted by Crippen LogP contribution is 2.16. The van der Waals surface area contributed by atoms with Gasteiger partial charge in [0.2, 0.25) is 0 Å². The second-order valence-electron chi connectivity index (χ2n) is 3.92. The second-order valence-corrected chi connectivity index (χ2v) is 4.36. The van der Waals surface area contributed by atoms with Gasteiger partial charge in [0.05, 0.1) is 12.5 Å². The topological polar surface area (TPSA) is 23.8 Å². The molecule has 0 saturated carbocycles. The molecule has 0 saturated heterocycles. The summed E-state index contributed by atoms with van der Waals surface area (Å²) in [6.45, 7) is 0. The van der Waals surface area contributed by atoms with Gasteiger partial charge in [0.15, 0.2) is 0 Å². The van der Waals surface area contributed by atoms with E-state index in [4.69, 9.17) is 16.9 Å². The predicted molar refractivity (Wildman–Crippen MR) is 76.1 cm³/mol. The van der Waals surface area contributed by atoms with E-state index in [-0.39, 0.29) is 0 Å². The van der Waals surface area contributed by atoms with E-state index < -0.39 is 0 Å². The van der Waals surface area contributed by atoms with Crippen LogP contribution in [0.15, 0.2) is 48.5 Å². The van der Waals surface area contributed by atoms with Crippen molar-refractivity contribution in [2.75, 3.05) is 0 Å². The molecule has 0 radical (unpaired) electrons. The summed E-state index contributed by atoms with van der Waals surface area (Å²) in [6.07, 6.45) is 4.44. The van der Waals surface area contributed by atoms with Crippen molar-refractivity contribution in [2.24, 2.45) is 0 Å². The molecule has 88 valence electrons. The van der Waals surface area contributed by atoms with Crippen molar-refractivity contribution >= 4 is 23.8 Å². The lowest BCUT2D eigenvalue weighted by molar-refractivity contribution is 1.25. The summed E-state index contributed by atoms with van der Waals surface area (Å²) >= 11 is 5.93. The fourth-order valence-corrected chi connectivity index (χ4v) is 1.94. The molecule has 0 aliphatic rings. The summed E-state index contributed by atoms with van der Waals surface area (Å²) in [5.41, 5.74) is 3.16. The molecule has 0 aliphatic carbocycles. The van der Waals surface area contributed by atoms with Crippen LogP contribution in [0.1, 0.15) is 16.7 Å². The van der Waals surface area contributed by atoms with Crippen molar-refractivity contribution in [1.29, 1.82) is 5.26 Å². The number of halogens is 1. The van der Waals surface area contributed by atoms with Crippen LogP contribution in [0.2, 0.25) is 5.02 Å². The molecule has 2 heteroatoms. The van der Waals surface area contributed by atoms with Gasteiger partial charge in [-0.05, 0) is 28.8 Å². The van der Waals surface area contributed by atoms with E-state index in [9.17, 15) is 0 Å². The van der Waals surface area contributed by atoms with Crippen LogP contribution in [-0.4, -0.2) is 0 Å². The van der Waals surface area contributed by atoms with E-state index in [1.165, 1.54) is 0 Å². The third-order valence-electron chi connectivity index (χ3n) is 2.63. The molecule has 2 aromatic rings. The van der Waals surface area contributed by atoms with E-state index >= 15 is 0 Å². The van der Waals surface area contributed by atoms with Gasteiger partial charge in [0.1, 0.15) is 0 Å². The normalized spacial score (nSPS) is 10.4. The summed E-state index contributed by atoms with van der Waals surface area (Å²) in [5, 5.41) is 9.50. The molecule has 0 spiro atoms. The van der Waals surface area contributed by atoms with Crippen LogP contribution >= 0.6 is 11.6 Å². The van der Waals surface area contributed by atoms with Crippen LogP contribution in [0.3, 0.4) is 0 Å². The first-order chi connectivity index (χ1) is 8.79. The standard InChI is InChI=1S/C16H12ClN/c17-16-7-3-4-13(12-16)8-9-14-5-1-2-6-15(14)10-11-18/h1-9,12H,10H2/b9-8+. The first-order valence-electron chi connectivity index (χ1n) is 5.68. The molecule has 18 heavy (non-hydrogen) atoms. The van der Waals surface area contributed by atoms with E-state index in [0.717, 1.165) is 21.7 Å². The average Bonchev–Trinajstić information content (AvgIpc) is 2.38. The quantitative estimate of drug-likeness (QED) is 0.735. The molecule has 0 bridgehead atoms. The van der Waals surface area contributed by atoms with Crippen LogP contribution < -0.4 is 0 Å². The number of hydrogen-bond donors (Lipinski definition) is 0. The zero-order chi connectivity index (χ0) is 12.8. The molecule has 0 fully saturated rings. The number of benzene rings is 2. The highest BCUT2D eigenvalue weighted by atomic mass is 35.5. The van der Waals surface area contributed by atoms with E-state index in [0.29, 0.717) is 6.42 Å². The summed E-state index contributed by atoms with van der Waals surface area (Å²) in [6, 6.07) is 17.7. The Morgan fingerprint density at radius 1 is 1.06 bits per heavy atom. The first-order valence-corrected chi connectivity index (χ1v) is 6.06. The molecule has 0 unspecified atom stereocenters. The first kappa shape index (κ1) is 12.4. The minimum atomic E-state index is 0.427. The van der Waals surface area contributed by atoms with Gasteiger partial charge < -0.3 is 0 Å². The number of nitriles is 1. The van der Waals surface area contributed by atoms with E-state index in [2.05, 4.69) is 6.07 Å². The summed E-state index contributed by atoms with van der Waals surface area (Å²) in [7, 11) is 0. The minimum Gasteiger partial charge on any atom is -0.198 e. The zero-order valence-corrected chi connectivity index (χ0v) is 10.6. The van der Waals surface area contributed by atoms with Gasteiger partial charge in [0.25, 0.3) is 0 Å². The van der Waals surface area contributed by atoms with Gasteiger partial charge in [-0.15, -0.1) is 0 Å². The third kappa shape index (κ3) is 3.23. The molecular formula is C16H12ClN. The fraction of sp³-hybridized carbons (Fsp3) is 0.0625. The highest BCUT2D eigenvalue weighted by molar-refractivity contribution is 6.30. The second kappa shape index (κ2) is 6.05. The molecule has 0 aliphatic heterocycles. The minimum absolute atomic E-state index is 0.427. The predicted octanol–water partition coefficient (Wildman–Crippen LogP) is 4.58. The number of nitrogens with zero attached hydrogens (tertiary/aromatic N) is 1. The molecule has 2 aromatic carbocycles. The number of rotatable bonds is 3. The van der Waals surface area contributed by atoms with Crippen molar-refractivity contribution in [1.82, 2.24) is 0 Å². The summed E-state index contributed by atoms with van der Waals surface area (Å²) < 4.78 is 0. The smallest absolute Gasteiger partial charge is 0.0669 e. The van der Waals surface area contributed by atoms with Crippen LogP contribution in [0.5, 0.6) is 0 Å². The Labute approximate surface area is 112 Å². The molecule has 0 aromatic heterocycles. The fourth-order valence-electron chi connectivity index (χ4n) is 1.74. The molecule has 0 heterocycles. The molecule has 0 atom stereocenters. The lowest BCUT2D eigenvalue weighted by Crippen LogP contribution is -1.85. The largest absolute Gasteiger partial charge is 0.198 e. The Hall–Kier alpha value is -2.04. The van der Waals surface area contributed by atoms with Crippen LogP contribution in [0.25, 0.3) is 12.2 Å². The van der Waals surface area contributed by atoms with Gasteiger partial charge in [-0.3, -0.25) is 0 Å². The van der Waals surface area contributed by atoms with Crippen molar-refractivity contribution in [3.05, 3.63) is 70.2 Å². The zero-order valence-electron chi connectivity index (χ0n) is 9.81. The van der Waals surface area contributed by atoms with Crippen molar-refractivity contribution in [3.63, 3.8) is 0 Å². The van der Waals surface area contributed by atoms with Gasteiger partial charge in [-0.1, -0.05) is 60.2 Å². The van der Waals surface area contributed by atoms with Crippen molar-refractivity contribution in [3.8, 4) is 6.07 Å².